The fraction of sp³-hybridized carbons (Fsp3) is 0.300. The monoisotopic (exact) mass is 370 g/mol. The maximum atomic E-state index is 13.5. The van der Waals surface area contributed by atoms with Crippen LogP contribution in [0.1, 0.15) is 23.3 Å². The van der Waals surface area contributed by atoms with E-state index in [0.29, 0.717) is 27.7 Å². The molecule has 1 amide bonds. The number of halogens is 2. The summed E-state index contributed by atoms with van der Waals surface area (Å²) in [7, 11) is 2.07. The fourth-order valence-electron chi connectivity index (χ4n) is 3.49. The number of carbonyl (C=O) groups is 1. The van der Waals surface area contributed by atoms with E-state index < -0.39 is 11.6 Å². The first kappa shape index (κ1) is 17.6. The number of piperidine rings is 1. The van der Waals surface area contributed by atoms with E-state index in [1.807, 2.05) is 0 Å². The molecule has 3 aromatic rings. The Hall–Kier alpha value is -2.80. The summed E-state index contributed by atoms with van der Waals surface area (Å²) in [5, 5.41) is 10.7. The van der Waals surface area contributed by atoms with Crippen LogP contribution in [0.2, 0.25) is 0 Å². The van der Waals surface area contributed by atoms with Crippen LogP contribution in [0.5, 0.6) is 0 Å². The average molecular weight is 370 g/mol. The predicted molar refractivity (Wildman–Crippen MR) is 99.4 cm³/mol. The largest absolute Gasteiger partial charge is 0.348 e. The highest BCUT2D eigenvalue weighted by molar-refractivity contribution is 6.05. The van der Waals surface area contributed by atoms with Gasteiger partial charge in [0.15, 0.2) is 5.69 Å². The second kappa shape index (κ2) is 7.08. The second-order valence-electron chi connectivity index (χ2n) is 7.04. The van der Waals surface area contributed by atoms with Crippen LogP contribution in [0.3, 0.4) is 0 Å². The minimum absolute atomic E-state index is 0.126. The van der Waals surface area contributed by atoms with Crippen LogP contribution in [0.15, 0.2) is 36.4 Å². The van der Waals surface area contributed by atoms with Gasteiger partial charge < -0.3 is 10.2 Å². The van der Waals surface area contributed by atoms with Gasteiger partial charge in [0.05, 0.1) is 5.52 Å². The Bertz CT molecular complexity index is 973. The first-order valence-corrected chi connectivity index (χ1v) is 8.93. The van der Waals surface area contributed by atoms with Crippen molar-refractivity contribution in [2.75, 3.05) is 20.1 Å². The van der Waals surface area contributed by atoms with E-state index in [4.69, 9.17) is 0 Å². The van der Waals surface area contributed by atoms with Crippen LogP contribution in [0.4, 0.5) is 8.78 Å². The van der Waals surface area contributed by atoms with E-state index in [9.17, 15) is 13.6 Å². The first-order valence-electron chi connectivity index (χ1n) is 8.93. The molecule has 0 atom stereocenters. The number of nitrogens with one attached hydrogen (secondary N) is 2. The molecule has 0 radical (unpaired) electrons. The summed E-state index contributed by atoms with van der Waals surface area (Å²) < 4.78 is 27.1. The lowest BCUT2D eigenvalue weighted by Gasteiger charge is -2.29. The highest BCUT2D eigenvalue weighted by atomic mass is 19.1. The molecular weight excluding hydrogens is 350 g/mol. The number of nitrogens with zero attached hydrogens (tertiary/aromatic N) is 2. The molecule has 2 heterocycles. The number of benzene rings is 2. The van der Waals surface area contributed by atoms with Gasteiger partial charge in [-0.3, -0.25) is 9.89 Å². The lowest BCUT2D eigenvalue weighted by Crippen LogP contribution is -2.43. The Balaban J connectivity index is 1.63. The number of hydrogen-bond donors (Lipinski definition) is 2. The number of hydrogen-bond acceptors (Lipinski definition) is 3. The van der Waals surface area contributed by atoms with Gasteiger partial charge in [-0.2, -0.15) is 5.10 Å². The zero-order valence-corrected chi connectivity index (χ0v) is 14.9. The third kappa shape index (κ3) is 3.68. The number of carbonyl (C=O) groups excluding carboxylic acids is 1. The van der Waals surface area contributed by atoms with E-state index in [2.05, 4.69) is 27.5 Å². The lowest BCUT2D eigenvalue weighted by molar-refractivity contribution is 0.0913. The van der Waals surface area contributed by atoms with Gasteiger partial charge in [0.1, 0.15) is 11.6 Å². The second-order valence-corrected chi connectivity index (χ2v) is 7.04. The van der Waals surface area contributed by atoms with Crippen molar-refractivity contribution in [3.05, 3.63) is 53.7 Å². The topological polar surface area (TPSA) is 61.0 Å². The molecule has 4 rings (SSSR count). The van der Waals surface area contributed by atoms with Crippen molar-refractivity contribution < 1.29 is 13.6 Å². The molecule has 27 heavy (non-hydrogen) atoms. The summed E-state index contributed by atoms with van der Waals surface area (Å²) in [5.74, 6) is -1.52. The summed E-state index contributed by atoms with van der Waals surface area (Å²) in [6.07, 6.45) is 1.80. The van der Waals surface area contributed by atoms with Crippen LogP contribution in [-0.2, 0) is 0 Å². The zero-order chi connectivity index (χ0) is 19.0. The quantitative estimate of drug-likeness (QED) is 0.743. The minimum atomic E-state index is -0.641. The molecule has 1 fully saturated rings. The molecule has 0 saturated carbocycles. The highest BCUT2D eigenvalue weighted by Crippen LogP contribution is 2.27. The van der Waals surface area contributed by atoms with Gasteiger partial charge in [-0.1, -0.05) is 6.07 Å². The Morgan fingerprint density at radius 1 is 1.11 bits per heavy atom. The Labute approximate surface area is 155 Å². The molecule has 2 N–H and O–H groups in total. The minimum Gasteiger partial charge on any atom is -0.348 e. The maximum Gasteiger partial charge on any atom is 0.272 e. The summed E-state index contributed by atoms with van der Waals surface area (Å²) in [5.41, 5.74) is 2.03. The van der Waals surface area contributed by atoms with Crippen molar-refractivity contribution in [1.82, 2.24) is 20.4 Å². The molecule has 0 spiro atoms. The van der Waals surface area contributed by atoms with Crippen molar-refractivity contribution >= 4 is 16.8 Å². The number of H-pyrrole nitrogens is 1. The van der Waals surface area contributed by atoms with E-state index in [0.717, 1.165) is 32.0 Å². The molecule has 7 heteroatoms. The van der Waals surface area contributed by atoms with Gasteiger partial charge in [0.2, 0.25) is 0 Å². The van der Waals surface area contributed by atoms with Crippen molar-refractivity contribution in [3.8, 4) is 11.1 Å². The van der Waals surface area contributed by atoms with E-state index >= 15 is 0 Å². The number of rotatable bonds is 3. The Morgan fingerprint density at radius 2 is 1.81 bits per heavy atom. The van der Waals surface area contributed by atoms with Crippen molar-refractivity contribution in [3.63, 3.8) is 0 Å². The molecule has 1 aromatic heterocycles. The van der Waals surface area contributed by atoms with E-state index in [-0.39, 0.29) is 11.9 Å². The third-order valence-electron chi connectivity index (χ3n) is 5.03. The van der Waals surface area contributed by atoms with Gasteiger partial charge in [0, 0.05) is 17.5 Å². The average Bonchev–Trinajstić information content (AvgIpc) is 3.06. The van der Waals surface area contributed by atoms with Gasteiger partial charge in [-0.15, -0.1) is 0 Å². The Kier molecular flexibility index (Phi) is 4.61. The standard InChI is InChI=1S/C20H20F2N4O/c1-26-6-4-16(5-7-26)23-20(27)19-17-10-12(2-3-18(17)24-25-19)13-8-14(21)11-15(22)9-13/h2-3,8-11,16H,4-7H2,1H3,(H,23,27)(H,24,25). The fourth-order valence-corrected chi connectivity index (χ4v) is 3.49. The van der Waals surface area contributed by atoms with Crippen LogP contribution >= 0.6 is 0 Å². The smallest absolute Gasteiger partial charge is 0.272 e. The van der Waals surface area contributed by atoms with Gasteiger partial charge >= 0.3 is 0 Å². The Morgan fingerprint density at radius 3 is 2.52 bits per heavy atom. The van der Waals surface area contributed by atoms with Crippen LogP contribution < -0.4 is 5.32 Å². The maximum absolute atomic E-state index is 13.5. The molecule has 0 bridgehead atoms. The summed E-state index contributed by atoms with van der Waals surface area (Å²) in [6, 6.07) is 8.73. The van der Waals surface area contributed by atoms with Crippen LogP contribution in [0.25, 0.3) is 22.0 Å². The van der Waals surface area contributed by atoms with Crippen molar-refractivity contribution in [2.45, 2.75) is 18.9 Å². The molecule has 5 nitrogen and oxygen atoms in total. The van der Waals surface area contributed by atoms with E-state index in [1.165, 1.54) is 12.1 Å². The predicted octanol–water partition coefficient (Wildman–Crippen LogP) is 3.33. The van der Waals surface area contributed by atoms with Gasteiger partial charge in [-0.25, -0.2) is 8.78 Å². The lowest BCUT2D eigenvalue weighted by atomic mass is 10.0. The number of aromatic nitrogens is 2. The summed E-state index contributed by atoms with van der Waals surface area (Å²) in [6.45, 7) is 1.89. The number of amides is 1. The number of likely N-dealkylation sites (tertiary alicyclic amines) is 1. The van der Waals surface area contributed by atoms with Crippen LogP contribution in [-0.4, -0.2) is 47.2 Å². The molecule has 1 aliphatic heterocycles. The third-order valence-corrected chi connectivity index (χ3v) is 5.03. The summed E-state index contributed by atoms with van der Waals surface area (Å²) >= 11 is 0. The normalized spacial score (nSPS) is 16.0. The molecule has 0 unspecified atom stereocenters. The van der Waals surface area contributed by atoms with Gasteiger partial charge in [0.25, 0.3) is 5.91 Å². The first-order chi connectivity index (χ1) is 13.0. The van der Waals surface area contributed by atoms with E-state index in [1.54, 1.807) is 18.2 Å². The summed E-state index contributed by atoms with van der Waals surface area (Å²) in [4.78, 5) is 14.9. The van der Waals surface area contributed by atoms with Crippen molar-refractivity contribution in [1.29, 1.82) is 0 Å². The molecule has 1 aliphatic rings. The van der Waals surface area contributed by atoms with Gasteiger partial charge in [-0.05, 0) is 68.4 Å². The molecular formula is C20H20F2N4O. The van der Waals surface area contributed by atoms with Crippen molar-refractivity contribution in [2.24, 2.45) is 0 Å². The van der Waals surface area contributed by atoms with Crippen LogP contribution in [0, 0.1) is 11.6 Å². The highest BCUT2D eigenvalue weighted by Gasteiger charge is 2.22. The zero-order valence-electron chi connectivity index (χ0n) is 14.9. The molecule has 1 saturated heterocycles. The number of aromatic amines is 1. The molecule has 0 aliphatic carbocycles. The number of fused-ring (bicyclic) bond motifs is 1. The SMILES string of the molecule is CN1CCC(NC(=O)c2n[nH]c3ccc(-c4cc(F)cc(F)c4)cc23)CC1. The molecule has 140 valence electrons. The molecule has 2 aromatic carbocycles.